The lowest BCUT2D eigenvalue weighted by molar-refractivity contribution is -0.227. The standard InChI is InChI=1S/C50H98N8O7/c1-5-6-7-8-9-10-25-58(48(59)55-23-30-60-32-34-62-35-33-61-31-24-56-57-54)26-11-15-39(2)42-16-17-43-47-44(38-46(50(42,43)4)65-29-14-22-53)49(3)19-18-41(63-27-12-20-51)36-40(49)37-45(47)64-28-13-21-52/h39-48,55,59H,5-38,51-53H2,1-4H3/t39-,40?,41-,42-,43+,44+,45-,46+,47+,48?,49+,50-/m1/s1. The monoisotopic (exact) mass is 923 g/mol. The van der Waals surface area contributed by atoms with E-state index in [9.17, 15) is 5.11 Å². The van der Waals surface area contributed by atoms with Crippen LogP contribution in [0.4, 0.5) is 0 Å². The van der Waals surface area contributed by atoms with Crippen LogP contribution >= 0.6 is 0 Å². The average Bonchev–Trinajstić information content (AvgIpc) is 3.66. The molecule has 4 fully saturated rings. The number of hydrogen-bond donors (Lipinski definition) is 5. The fourth-order valence-corrected chi connectivity index (χ4v) is 12.9. The van der Waals surface area contributed by atoms with Gasteiger partial charge in [0.25, 0.3) is 0 Å². The number of nitrogens with two attached hydrogens (primary N) is 3. The van der Waals surface area contributed by atoms with E-state index in [4.69, 9.17) is 51.2 Å². The molecule has 0 bridgehead atoms. The summed E-state index contributed by atoms with van der Waals surface area (Å²) in [5, 5.41) is 18.2. The molecule has 4 aliphatic carbocycles. The van der Waals surface area contributed by atoms with Gasteiger partial charge in [0.1, 0.15) is 0 Å². The summed E-state index contributed by atoms with van der Waals surface area (Å²) in [5.41, 5.74) is 26.6. The maximum atomic E-state index is 11.5. The van der Waals surface area contributed by atoms with Gasteiger partial charge in [0.2, 0.25) is 0 Å². The van der Waals surface area contributed by atoms with E-state index in [1.807, 2.05) is 0 Å². The smallest absolute Gasteiger partial charge is 0.163 e. The SMILES string of the molecule is CCCCCCCCN(CCC[C@@H](C)[C@H]1CC[C@H]2[C@@H]3[C@H](OCCCN)CC4C[C@H](OCCCN)CC[C@]4(C)[C@H]3C[C@H](OCCCN)[C@]12C)C(O)NCCOCCOCCOCCN=[N+]=[N-]. The molecule has 0 amide bonds. The molecule has 2 unspecified atom stereocenters. The predicted molar refractivity (Wildman–Crippen MR) is 260 cm³/mol. The quantitative estimate of drug-likeness (QED) is 0.0135. The van der Waals surface area contributed by atoms with Gasteiger partial charge in [0.05, 0.1) is 58.0 Å². The van der Waals surface area contributed by atoms with Crippen molar-refractivity contribution in [2.24, 2.45) is 68.7 Å². The molecular weight excluding hydrogens is 825 g/mol. The van der Waals surface area contributed by atoms with Gasteiger partial charge in [-0.25, -0.2) is 0 Å². The number of azide groups is 1. The van der Waals surface area contributed by atoms with Crippen LogP contribution in [0.1, 0.15) is 143 Å². The van der Waals surface area contributed by atoms with E-state index in [-0.39, 0.29) is 23.0 Å². The second-order valence-electron chi connectivity index (χ2n) is 20.5. The number of ether oxygens (including phenoxy) is 6. The van der Waals surface area contributed by atoms with E-state index >= 15 is 0 Å². The number of nitrogens with zero attached hydrogens (tertiary/aromatic N) is 4. The first-order valence-corrected chi connectivity index (χ1v) is 26.5. The van der Waals surface area contributed by atoms with Crippen molar-refractivity contribution in [1.82, 2.24) is 10.2 Å². The van der Waals surface area contributed by atoms with Crippen molar-refractivity contribution in [2.45, 2.75) is 168 Å². The van der Waals surface area contributed by atoms with Crippen LogP contribution in [0, 0.1) is 46.3 Å². The molecule has 0 aromatic rings. The molecule has 12 atom stereocenters. The molecule has 380 valence electrons. The van der Waals surface area contributed by atoms with Gasteiger partial charge in [-0.1, -0.05) is 64.9 Å². The van der Waals surface area contributed by atoms with E-state index in [1.165, 1.54) is 51.4 Å². The van der Waals surface area contributed by atoms with E-state index in [2.05, 4.69) is 47.9 Å². The fourth-order valence-electron chi connectivity index (χ4n) is 12.9. The minimum atomic E-state index is -0.715. The summed E-state index contributed by atoms with van der Waals surface area (Å²) in [6, 6.07) is 0. The van der Waals surface area contributed by atoms with Crippen molar-refractivity contribution in [2.75, 3.05) is 105 Å². The minimum Gasteiger partial charge on any atom is -0.379 e. The van der Waals surface area contributed by atoms with Crippen LogP contribution in [0.15, 0.2) is 5.11 Å². The summed E-state index contributed by atoms with van der Waals surface area (Å²) in [6.07, 6.45) is 20.4. The molecule has 15 nitrogen and oxygen atoms in total. The second-order valence-corrected chi connectivity index (χ2v) is 20.5. The highest BCUT2D eigenvalue weighted by molar-refractivity contribution is 5.15. The van der Waals surface area contributed by atoms with Gasteiger partial charge in [-0.3, -0.25) is 10.2 Å². The van der Waals surface area contributed by atoms with Gasteiger partial charge in [-0.2, -0.15) is 0 Å². The van der Waals surface area contributed by atoms with Crippen LogP contribution in [0.25, 0.3) is 10.4 Å². The third kappa shape index (κ3) is 17.3. The number of rotatable bonds is 38. The molecule has 0 heterocycles. The molecule has 4 saturated carbocycles. The van der Waals surface area contributed by atoms with E-state index in [0.717, 1.165) is 97.1 Å². The zero-order valence-corrected chi connectivity index (χ0v) is 41.7. The summed E-state index contributed by atoms with van der Waals surface area (Å²) in [7, 11) is 0. The lowest BCUT2D eigenvalue weighted by Crippen LogP contribution is -2.63. The fraction of sp³-hybridized carbons (Fsp3) is 1.00. The Hall–Kier alpha value is -1.17. The average molecular weight is 923 g/mol. The molecule has 0 aromatic carbocycles. The highest BCUT2D eigenvalue weighted by Crippen LogP contribution is 2.69. The lowest BCUT2D eigenvalue weighted by atomic mass is 9.43. The maximum absolute atomic E-state index is 11.5. The van der Waals surface area contributed by atoms with E-state index < -0.39 is 6.35 Å². The van der Waals surface area contributed by atoms with Gasteiger partial charge in [-0.05, 0) is 150 Å². The number of hydrogen-bond acceptors (Lipinski definition) is 13. The maximum Gasteiger partial charge on any atom is 0.163 e. The molecule has 0 aliphatic heterocycles. The minimum absolute atomic E-state index is 0.0581. The zero-order valence-electron chi connectivity index (χ0n) is 41.7. The normalized spacial score (nSPS) is 30.7. The van der Waals surface area contributed by atoms with Crippen LogP contribution in [-0.4, -0.2) is 140 Å². The molecule has 0 spiro atoms. The van der Waals surface area contributed by atoms with Gasteiger partial charge in [-0.15, -0.1) is 0 Å². The molecule has 4 rings (SSSR count). The molecule has 0 aromatic heterocycles. The number of unbranched alkanes of at least 4 members (excludes halogenated alkanes) is 5. The van der Waals surface area contributed by atoms with Gasteiger partial charge in [0, 0.05) is 56.3 Å². The van der Waals surface area contributed by atoms with Crippen LogP contribution in [0.3, 0.4) is 0 Å². The number of fused-ring (bicyclic) bond motifs is 5. The second kappa shape index (κ2) is 31.9. The molecule has 0 saturated heterocycles. The molecule has 4 aliphatic rings. The Balaban J connectivity index is 1.38. The zero-order chi connectivity index (χ0) is 46.8. The Kier molecular flexibility index (Phi) is 27.7. The Morgan fingerprint density at radius 3 is 2.09 bits per heavy atom. The third-order valence-corrected chi connectivity index (χ3v) is 16.5. The highest BCUT2D eigenvalue weighted by atomic mass is 16.5. The predicted octanol–water partition coefficient (Wildman–Crippen LogP) is 7.37. The summed E-state index contributed by atoms with van der Waals surface area (Å²) < 4.78 is 37.3. The number of aliphatic hydroxyl groups excluding tert-OH is 1. The number of nitrogens with one attached hydrogen (secondary N) is 1. The van der Waals surface area contributed by atoms with Crippen molar-refractivity contribution in [3.63, 3.8) is 0 Å². The van der Waals surface area contributed by atoms with Crippen molar-refractivity contribution >= 4 is 0 Å². The van der Waals surface area contributed by atoms with Crippen LogP contribution in [0.2, 0.25) is 0 Å². The Morgan fingerprint density at radius 2 is 1.38 bits per heavy atom. The van der Waals surface area contributed by atoms with E-state index in [0.29, 0.717) is 114 Å². The first-order chi connectivity index (χ1) is 31.7. The Bertz CT molecular complexity index is 1290. The molecule has 15 heteroatoms. The third-order valence-electron chi connectivity index (χ3n) is 16.5. The summed E-state index contributed by atoms with van der Waals surface area (Å²) in [6.45, 7) is 19.6. The van der Waals surface area contributed by atoms with Crippen molar-refractivity contribution in [1.29, 1.82) is 0 Å². The summed E-state index contributed by atoms with van der Waals surface area (Å²) in [5.74, 6) is 3.30. The first kappa shape index (κ1) is 56.4. The summed E-state index contributed by atoms with van der Waals surface area (Å²) >= 11 is 0. The highest BCUT2D eigenvalue weighted by Gasteiger charge is 2.66. The lowest BCUT2D eigenvalue weighted by Gasteiger charge is -2.65. The Morgan fingerprint density at radius 1 is 0.738 bits per heavy atom. The van der Waals surface area contributed by atoms with Crippen molar-refractivity contribution < 1.29 is 33.5 Å². The molecule has 8 N–H and O–H groups in total. The van der Waals surface area contributed by atoms with Gasteiger partial charge < -0.3 is 50.7 Å². The molecule has 0 radical (unpaired) electrons. The number of aliphatic hydroxyl groups is 1. The molecular formula is C50H98N8O7. The van der Waals surface area contributed by atoms with Crippen molar-refractivity contribution in [3.05, 3.63) is 10.4 Å². The van der Waals surface area contributed by atoms with Crippen molar-refractivity contribution in [3.8, 4) is 0 Å². The summed E-state index contributed by atoms with van der Waals surface area (Å²) in [4.78, 5) is 4.97. The van der Waals surface area contributed by atoms with Crippen LogP contribution < -0.4 is 22.5 Å². The first-order valence-electron chi connectivity index (χ1n) is 26.5. The van der Waals surface area contributed by atoms with Crippen LogP contribution in [0.5, 0.6) is 0 Å². The topological polar surface area (TPSA) is 218 Å². The van der Waals surface area contributed by atoms with Gasteiger partial charge >= 0.3 is 0 Å². The largest absolute Gasteiger partial charge is 0.379 e. The van der Waals surface area contributed by atoms with Crippen LogP contribution in [-0.2, 0) is 28.4 Å². The van der Waals surface area contributed by atoms with Gasteiger partial charge in [0.15, 0.2) is 6.35 Å². The van der Waals surface area contributed by atoms with E-state index in [1.54, 1.807) is 0 Å². The molecule has 65 heavy (non-hydrogen) atoms. The Labute approximate surface area is 395 Å².